The summed E-state index contributed by atoms with van der Waals surface area (Å²) >= 11 is 5.48. The van der Waals surface area contributed by atoms with E-state index in [1.54, 1.807) is 0 Å². The highest BCUT2D eigenvalue weighted by Crippen LogP contribution is 2.32. The molecule has 0 spiro atoms. The first-order valence-corrected chi connectivity index (χ1v) is 6.03. The maximum atomic E-state index is 13.4. The van der Waals surface area contributed by atoms with Crippen LogP contribution in [-0.4, -0.2) is 15.5 Å². The van der Waals surface area contributed by atoms with Gasteiger partial charge >= 0.3 is 0 Å². The Balaban J connectivity index is 3.57. The Morgan fingerprint density at radius 2 is 2.00 bits per heavy atom. The van der Waals surface area contributed by atoms with Crippen molar-refractivity contribution in [1.29, 1.82) is 0 Å². The molecule has 1 aromatic rings. The zero-order valence-corrected chi connectivity index (χ0v) is 9.25. The predicted molar refractivity (Wildman–Crippen MR) is 51.0 cm³/mol. The molecule has 7 heteroatoms. The van der Waals surface area contributed by atoms with Gasteiger partial charge in [0.15, 0.2) is 11.6 Å². The van der Waals surface area contributed by atoms with E-state index < -0.39 is 19.8 Å². The molecule has 14 heavy (non-hydrogen) atoms. The van der Waals surface area contributed by atoms with E-state index >= 15 is 0 Å². The van der Waals surface area contributed by atoms with Crippen LogP contribution >= 0.6 is 22.3 Å². The van der Waals surface area contributed by atoms with Crippen molar-refractivity contribution in [2.75, 3.05) is 7.11 Å². The van der Waals surface area contributed by atoms with Crippen molar-refractivity contribution in [2.24, 2.45) is 0 Å². The van der Waals surface area contributed by atoms with Gasteiger partial charge in [0.1, 0.15) is 4.90 Å². The second-order valence-corrected chi connectivity index (χ2v) is 5.24. The lowest BCUT2D eigenvalue weighted by Crippen LogP contribution is -1.99. The number of rotatable bonds is 2. The number of benzene rings is 1. The minimum Gasteiger partial charge on any atom is -0.494 e. The van der Waals surface area contributed by atoms with Gasteiger partial charge in [-0.15, -0.1) is 0 Å². The van der Waals surface area contributed by atoms with E-state index in [9.17, 15) is 12.8 Å². The predicted octanol–water partition coefficient (Wildman–Crippen LogP) is 2.42. The smallest absolute Gasteiger partial charge is 0.265 e. The summed E-state index contributed by atoms with van der Waals surface area (Å²) in [6.07, 6.45) is 0. The third-order valence-corrected chi connectivity index (χ3v) is 3.25. The van der Waals surface area contributed by atoms with Gasteiger partial charge in [0.25, 0.3) is 9.05 Å². The van der Waals surface area contributed by atoms with Crippen molar-refractivity contribution in [2.45, 2.75) is 4.90 Å². The zero-order valence-electron chi connectivity index (χ0n) is 6.92. The summed E-state index contributed by atoms with van der Waals surface area (Å²) in [4.78, 5) is -0.764. The molecule has 3 nitrogen and oxygen atoms in total. The van der Waals surface area contributed by atoms with Crippen molar-refractivity contribution < 1.29 is 17.5 Å². The number of hydrogen-bond acceptors (Lipinski definition) is 3. The highest BCUT2D eigenvalue weighted by Gasteiger charge is 2.23. The first-order chi connectivity index (χ1) is 6.38. The van der Waals surface area contributed by atoms with Crippen LogP contribution in [0.3, 0.4) is 0 Å². The van der Waals surface area contributed by atoms with Gasteiger partial charge in [-0.25, -0.2) is 12.8 Å². The molecule has 0 amide bonds. The van der Waals surface area contributed by atoms with E-state index in [1.807, 2.05) is 0 Å². The fourth-order valence-corrected chi connectivity index (χ4v) is 2.53. The number of methoxy groups -OCH3 is 1. The first kappa shape index (κ1) is 11.6. The van der Waals surface area contributed by atoms with Gasteiger partial charge in [0.05, 0.1) is 12.1 Å². The average molecular weight is 259 g/mol. The molecule has 0 aliphatic carbocycles. The Kier molecular flexibility index (Phi) is 3.24. The second-order valence-electron chi connectivity index (χ2n) is 2.33. The largest absolute Gasteiger partial charge is 0.494 e. The quantitative estimate of drug-likeness (QED) is 0.766. The first-order valence-electron chi connectivity index (χ1n) is 3.34. The molecule has 0 bridgehead atoms. The van der Waals surface area contributed by atoms with Crippen LogP contribution in [0, 0.1) is 5.82 Å². The summed E-state index contributed by atoms with van der Waals surface area (Å²) < 4.78 is 39.8. The van der Waals surface area contributed by atoms with E-state index in [0.29, 0.717) is 0 Å². The van der Waals surface area contributed by atoms with Gasteiger partial charge in [0, 0.05) is 10.7 Å². The van der Waals surface area contributed by atoms with Crippen LogP contribution in [0.2, 0.25) is 5.02 Å². The SMILES string of the molecule is COc1ccc(Cl)c(S(=O)(=O)Cl)c1F. The Morgan fingerprint density at radius 1 is 1.43 bits per heavy atom. The van der Waals surface area contributed by atoms with E-state index in [2.05, 4.69) is 4.74 Å². The fourth-order valence-electron chi connectivity index (χ4n) is 0.896. The van der Waals surface area contributed by atoms with E-state index in [4.69, 9.17) is 22.3 Å². The molecule has 0 aliphatic rings. The standard InChI is InChI=1S/C7H5Cl2FO3S/c1-13-5-3-2-4(8)7(6(5)10)14(9,11)12/h2-3H,1H3. The van der Waals surface area contributed by atoms with Crippen LogP contribution in [0.5, 0.6) is 5.75 Å². The van der Waals surface area contributed by atoms with Gasteiger partial charge in [0.2, 0.25) is 0 Å². The lowest BCUT2D eigenvalue weighted by Gasteiger charge is -2.06. The molecule has 0 fully saturated rings. The maximum absolute atomic E-state index is 13.4. The molecule has 0 heterocycles. The summed E-state index contributed by atoms with van der Waals surface area (Å²) in [6, 6.07) is 2.40. The number of ether oxygens (including phenoxy) is 1. The Hall–Kier alpha value is -0.520. The minimum absolute atomic E-state index is 0.228. The summed E-state index contributed by atoms with van der Waals surface area (Å²) in [6.45, 7) is 0. The maximum Gasteiger partial charge on any atom is 0.265 e. The molecule has 0 aliphatic heterocycles. The monoisotopic (exact) mass is 258 g/mol. The molecule has 1 rings (SSSR count). The fraction of sp³-hybridized carbons (Fsp3) is 0.143. The molecule has 0 radical (unpaired) electrons. The highest BCUT2D eigenvalue weighted by atomic mass is 35.7. The molecular weight excluding hydrogens is 254 g/mol. The Bertz CT molecular complexity index is 458. The van der Waals surface area contributed by atoms with Crippen LogP contribution in [0.4, 0.5) is 4.39 Å². The van der Waals surface area contributed by atoms with Crippen molar-refractivity contribution in [1.82, 2.24) is 0 Å². The minimum atomic E-state index is -4.21. The van der Waals surface area contributed by atoms with Gasteiger partial charge in [-0.05, 0) is 12.1 Å². The zero-order chi connectivity index (χ0) is 10.9. The van der Waals surface area contributed by atoms with Gasteiger partial charge < -0.3 is 4.74 Å². The van der Waals surface area contributed by atoms with Gasteiger partial charge in [-0.1, -0.05) is 11.6 Å². The molecule has 0 N–H and O–H groups in total. The topological polar surface area (TPSA) is 43.4 Å². The Labute approximate surface area is 89.8 Å². The number of hydrogen-bond donors (Lipinski definition) is 0. The normalized spacial score (nSPS) is 11.4. The van der Waals surface area contributed by atoms with Crippen LogP contribution in [0.15, 0.2) is 17.0 Å². The molecular formula is C7H5Cl2FO3S. The van der Waals surface area contributed by atoms with Gasteiger partial charge in [-0.2, -0.15) is 0 Å². The highest BCUT2D eigenvalue weighted by molar-refractivity contribution is 8.13. The summed E-state index contributed by atoms with van der Waals surface area (Å²) in [7, 11) is 1.98. The molecule has 0 aromatic heterocycles. The van der Waals surface area contributed by atoms with E-state index in [-0.39, 0.29) is 10.8 Å². The van der Waals surface area contributed by atoms with Crippen LogP contribution in [0.1, 0.15) is 0 Å². The lowest BCUT2D eigenvalue weighted by atomic mass is 10.3. The third-order valence-electron chi connectivity index (χ3n) is 1.48. The number of halogens is 3. The summed E-state index contributed by atoms with van der Waals surface area (Å²) in [5.74, 6) is -1.32. The van der Waals surface area contributed by atoms with Gasteiger partial charge in [-0.3, -0.25) is 0 Å². The second kappa shape index (κ2) is 3.92. The Morgan fingerprint density at radius 3 is 2.43 bits per heavy atom. The molecule has 0 saturated carbocycles. The van der Waals surface area contributed by atoms with E-state index in [1.165, 1.54) is 19.2 Å². The molecule has 1 aromatic carbocycles. The van der Waals surface area contributed by atoms with E-state index in [0.717, 1.165) is 0 Å². The van der Waals surface area contributed by atoms with Crippen LogP contribution in [0.25, 0.3) is 0 Å². The molecule has 0 atom stereocenters. The van der Waals surface area contributed by atoms with Crippen molar-refractivity contribution in [3.63, 3.8) is 0 Å². The lowest BCUT2D eigenvalue weighted by molar-refractivity contribution is 0.381. The van der Waals surface area contributed by atoms with Crippen molar-refractivity contribution in [3.05, 3.63) is 23.0 Å². The summed E-state index contributed by atoms with van der Waals surface area (Å²) in [5.41, 5.74) is 0. The molecule has 0 saturated heterocycles. The third kappa shape index (κ3) is 2.10. The van der Waals surface area contributed by atoms with Crippen molar-refractivity contribution >= 4 is 31.3 Å². The van der Waals surface area contributed by atoms with Crippen LogP contribution < -0.4 is 4.74 Å². The summed E-state index contributed by atoms with van der Waals surface area (Å²) in [5, 5.41) is -0.279. The molecule has 78 valence electrons. The van der Waals surface area contributed by atoms with Crippen LogP contribution in [-0.2, 0) is 9.05 Å². The molecule has 0 unspecified atom stereocenters. The average Bonchev–Trinajstić information content (AvgIpc) is 2.02. The van der Waals surface area contributed by atoms with Crippen molar-refractivity contribution in [3.8, 4) is 5.75 Å².